The Hall–Kier alpha value is 0.400. The first-order valence-corrected chi connectivity index (χ1v) is 9.96. The largest absolute Gasteiger partial charge is 0.468 e. The topological polar surface area (TPSA) is 69.7 Å². The van der Waals surface area contributed by atoms with Crippen molar-refractivity contribution in [1.29, 1.82) is 0 Å². The van der Waals surface area contributed by atoms with Gasteiger partial charge in [0.25, 0.3) is 0 Å². The van der Waals surface area contributed by atoms with Gasteiger partial charge in [0.15, 0.2) is 5.12 Å². The highest BCUT2D eigenvalue weighted by atomic mass is 79.9. The van der Waals surface area contributed by atoms with Crippen LogP contribution in [0.15, 0.2) is 0 Å². The maximum absolute atomic E-state index is 11.0. The van der Waals surface area contributed by atoms with Crippen molar-refractivity contribution in [2.75, 3.05) is 24.9 Å². The number of carbonyl (C=O) groups is 3. The molecule has 21 heavy (non-hydrogen) atoms. The molecule has 0 bridgehead atoms. The van der Waals surface area contributed by atoms with Crippen molar-refractivity contribution in [3.8, 4) is 0 Å². The predicted molar refractivity (Wildman–Crippen MR) is 95.6 cm³/mol. The van der Waals surface area contributed by atoms with Crippen molar-refractivity contribution >= 4 is 76.6 Å². The number of methoxy groups -OCH3 is 2. The second-order valence-corrected chi connectivity index (χ2v) is 7.64. The van der Waals surface area contributed by atoms with Crippen molar-refractivity contribution < 1.29 is 23.9 Å². The van der Waals surface area contributed by atoms with Gasteiger partial charge in [-0.25, -0.2) is 0 Å². The zero-order valence-electron chi connectivity index (χ0n) is 12.1. The van der Waals surface area contributed by atoms with Gasteiger partial charge < -0.3 is 9.47 Å². The van der Waals surface area contributed by atoms with Gasteiger partial charge in [0.05, 0.1) is 14.2 Å². The number of esters is 2. The molecule has 0 radical (unpaired) electrons. The Bertz CT molecular complexity index is 328. The maximum Gasteiger partial charge on any atom is 0.319 e. The maximum atomic E-state index is 11.0. The number of carbonyl (C=O) groups excluding carboxylic acids is 3. The zero-order valence-corrected chi connectivity index (χ0v) is 17.6. The Morgan fingerprint density at radius 2 is 1.48 bits per heavy atom. The van der Waals surface area contributed by atoms with E-state index >= 15 is 0 Å². The number of hydrogen-bond donors (Lipinski definition) is 0. The number of thioether (sulfide) groups is 1. The third-order valence-electron chi connectivity index (χ3n) is 1.96. The summed E-state index contributed by atoms with van der Waals surface area (Å²) in [6, 6.07) is 0. The van der Waals surface area contributed by atoms with Crippen molar-refractivity contribution in [2.45, 2.75) is 29.8 Å². The van der Waals surface area contributed by atoms with Gasteiger partial charge in [0, 0.05) is 17.6 Å². The first kappa shape index (κ1) is 23.7. The summed E-state index contributed by atoms with van der Waals surface area (Å²) in [6.45, 7) is 1.44. The lowest BCUT2D eigenvalue weighted by Gasteiger charge is -2.09. The molecule has 0 amide bonds. The molecule has 0 N–H and O–H groups in total. The lowest BCUT2D eigenvalue weighted by Crippen LogP contribution is -2.20. The molecule has 0 aliphatic carbocycles. The molecule has 0 spiro atoms. The van der Waals surface area contributed by atoms with E-state index in [0.29, 0.717) is 11.8 Å². The number of ether oxygens (including phenoxy) is 2. The molecule has 5 nitrogen and oxygen atoms in total. The van der Waals surface area contributed by atoms with Crippen LogP contribution >= 0.6 is 59.6 Å². The molecule has 0 heterocycles. The van der Waals surface area contributed by atoms with E-state index in [1.807, 2.05) is 0 Å². The first-order chi connectivity index (χ1) is 9.83. The Balaban J connectivity index is 0. The fourth-order valence-corrected chi connectivity index (χ4v) is 4.08. The summed E-state index contributed by atoms with van der Waals surface area (Å²) < 4.78 is 8.99. The summed E-state index contributed by atoms with van der Waals surface area (Å²) in [7, 11) is 2.70. The van der Waals surface area contributed by atoms with Crippen LogP contribution in [0.4, 0.5) is 0 Å². The lowest BCUT2D eigenvalue weighted by atomic mass is 10.3. The van der Waals surface area contributed by atoms with Crippen LogP contribution in [0.5, 0.6) is 0 Å². The highest BCUT2D eigenvalue weighted by Crippen LogP contribution is 2.17. The molecule has 2 atom stereocenters. The second-order valence-electron chi connectivity index (χ2n) is 3.57. The number of alkyl halides is 3. The summed E-state index contributed by atoms with van der Waals surface area (Å²) in [4.78, 5) is 32.2. The minimum Gasteiger partial charge on any atom is -0.468 e. The summed E-state index contributed by atoms with van der Waals surface area (Å²) in [5.41, 5.74) is 0. The number of halogens is 3. The van der Waals surface area contributed by atoms with Crippen LogP contribution in [0.1, 0.15) is 19.8 Å². The molecule has 0 aromatic rings. The average molecular weight is 515 g/mol. The normalized spacial score (nSPS) is 12.5. The quantitative estimate of drug-likeness (QED) is 0.383. The second kappa shape index (κ2) is 15.3. The van der Waals surface area contributed by atoms with Crippen LogP contribution in [0.25, 0.3) is 0 Å². The third-order valence-corrected chi connectivity index (χ3v) is 4.76. The van der Waals surface area contributed by atoms with E-state index in [4.69, 9.17) is 0 Å². The molecule has 9 heteroatoms. The molecule has 0 aromatic heterocycles. The Labute approximate surface area is 154 Å². The van der Waals surface area contributed by atoms with Crippen LogP contribution in [0.3, 0.4) is 0 Å². The van der Waals surface area contributed by atoms with E-state index in [0.717, 1.165) is 23.5 Å². The molecule has 0 rings (SSSR count). The molecular weight excluding hydrogens is 496 g/mol. The lowest BCUT2D eigenvalue weighted by molar-refractivity contribution is -0.140. The number of rotatable bonds is 7. The van der Waals surface area contributed by atoms with Crippen LogP contribution in [-0.2, 0) is 23.9 Å². The summed E-state index contributed by atoms with van der Waals surface area (Å²) in [5, 5.41) is 1.06. The average Bonchev–Trinajstić information content (AvgIpc) is 2.45. The molecule has 0 saturated heterocycles. The van der Waals surface area contributed by atoms with E-state index in [2.05, 4.69) is 57.3 Å². The van der Waals surface area contributed by atoms with E-state index in [1.165, 1.54) is 21.1 Å². The first-order valence-electron chi connectivity index (χ1n) is 5.92. The van der Waals surface area contributed by atoms with E-state index in [-0.39, 0.29) is 27.1 Å². The summed E-state index contributed by atoms with van der Waals surface area (Å²) >= 11 is 10.6. The van der Waals surface area contributed by atoms with Gasteiger partial charge in [-0.3, -0.25) is 14.4 Å². The van der Waals surface area contributed by atoms with Gasteiger partial charge in [0.1, 0.15) is 10.1 Å². The predicted octanol–water partition coefficient (Wildman–Crippen LogP) is 3.30. The van der Waals surface area contributed by atoms with Crippen molar-refractivity contribution in [2.24, 2.45) is 0 Å². The van der Waals surface area contributed by atoms with Gasteiger partial charge in [-0.05, 0) is 12.8 Å². The standard InChI is InChI=1S/C7H11BrO3S.C5H8Br2O2/c1-5(9)12-6(3-4-8)7(10)11-2;1-9-5(8)4(7)2-3-6/h6H,3-4H2,1-2H3;4H,2-3H2,1H3. The zero-order chi connectivity index (χ0) is 16.8. The Kier molecular flexibility index (Phi) is 17.2. The SMILES string of the molecule is COC(=O)C(Br)CCBr.COC(=O)C(CCBr)SC(C)=O. The minimum absolute atomic E-state index is 0.0636. The minimum atomic E-state index is -0.369. The van der Waals surface area contributed by atoms with Gasteiger partial charge >= 0.3 is 11.9 Å². The molecule has 0 aliphatic rings. The van der Waals surface area contributed by atoms with Gasteiger partial charge in [-0.2, -0.15) is 0 Å². The highest BCUT2D eigenvalue weighted by molar-refractivity contribution is 9.10. The van der Waals surface area contributed by atoms with E-state index < -0.39 is 0 Å². The van der Waals surface area contributed by atoms with Crippen LogP contribution in [-0.4, -0.2) is 52.0 Å². The fourth-order valence-electron chi connectivity index (χ4n) is 0.997. The van der Waals surface area contributed by atoms with Gasteiger partial charge in [0.2, 0.25) is 0 Å². The molecule has 0 fully saturated rings. The smallest absolute Gasteiger partial charge is 0.319 e. The third kappa shape index (κ3) is 13.8. The highest BCUT2D eigenvalue weighted by Gasteiger charge is 2.20. The molecule has 0 aromatic carbocycles. The van der Waals surface area contributed by atoms with Gasteiger partial charge in [-0.15, -0.1) is 0 Å². The fraction of sp³-hybridized carbons (Fsp3) is 0.750. The van der Waals surface area contributed by atoms with Crippen LogP contribution in [0, 0.1) is 0 Å². The summed E-state index contributed by atoms with van der Waals surface area (Å²) in [5.74, 6) is -0.552. The van der Waals surface area contributed by atoms with Crippen molar-refractivity contribution in [3.05, 3.63) is 0 Å². The molecule has 0 saturated carbocycles. The molecular formula is C12H19Br3O5S. The Morgan fingerprint density at radius 1 is 1.00 bits per heavy atom. The number of hydrogen-bond acceptors (Lipinski definition) is 6. The van der Waals surface area contributed by atoms with Crippen LogP contribution < -0.4 is 0 Å². The Morgan fingerprint density at radius 3 is 1.81 bits per heavy atom. The van der Waals surface area contributed by atoms with E-state index in [9.17, 15) is 14.4 Å². The molecule has 0 aliphatic heterocycles. The van der Waals surface area contributed by atoms with Crippen molar-refractivity contribution in [1.82, 2.24) is 0 Å². The van der Waals surface area contributed by atoms with E-state index in [1.54, 1.807) is 0 Å². The monoisotopic (exact) mass is 512 g/mol. The van der Waals surface area contributed by atoms with Crippen molar-refractivity contribution in [3.63, 3.8) is 0 Å². The molecule has 2 unspecified atom stereocenters. The summed E-state index contributed by atoms with van der Waals surface area (Å²) in [6.07, 6.45) is 1.36. The van der Waals surface area contributed by atoms with Gasteiger partial charge in [-0.1, -0.05) is 59.6 Å². The van der Waals surface area contributed by atoms with Crippen LogP contribution in [0.2, 0.25) is 0 Å². The molecule has 124 valence electrons.